The maximum Gasteiger partial charge on any atom is 0.243 e. The van der Waals surface area contributed by atoms with Crippen LogP contribution in [-0.2, 0) is 14.4 Å². The second kappa shape index (κ2) is 5.93. The topological polar surface area (TPSA) is 57.7 Å². The lowest BCUT2D eigenvalue weighted by Crippen LogP contribution is -2.55. The van der Waals surface area contributed by atoms with Crippen LogP contribution in [0, 0.1) is 35.5 Å². The fraction of sp³-hybridized carbons (Fsp3) is 0.762. The van der Waals surface area contributed by atoms with Gasteiger partial charge in [0.2, 0.25) is 17.7 Å². The Kier molecular flexibility index (Phi) is 3.77. The van der Waals surface area contributed by atoms with Crippen molar-refractivity contribution in [2.75, 3.05) is 13.1 Å². The van der Waals surface area contributed by atoms with Crippen LogP contribution in [0.3, 0.4) is 0 Å². The van der Waals surface area contributed by atoms with Gasteiger partial charge in [0, 0.05) is 12.6 Å². The second-order valence-electron chi connectivity index (χ2n) is 9.13. The van der Waals surface area contributed by atoms with Crippen LogP contribution >= 0.6 is 0 Å². The second-order valence-corrected chi connectivity index (χ2v) is 9.13. The molecule has 4 fully saturated rings. The molecule has 5 heteroatoms. The minimum atomic E-state index is -0.200. The maximum atomic E-state index is 13.1. The number of allylic oxidation sites excluding steroid dienone is 2. The number of imide groups is 1. The number of likely N-dealkylation sites (tertiary alicyclic amines) is 2. The Bertz CT molecular complexity index is 657. The number of hydrogen-bond acceptors (Lipinski definition) is 3. The van der Waals surface area contributed by atoms with E-state index in [1.807, 2.05) is 4.90 Å². The van der Waals surface area contributed by atoms with Crippen molar-refractivity contribution in [1.82, 2.24) is 9.80 Å². The van der Waals surface area contributed by atoms with Crippen LogP contribution in [0.5, 0.6) is 0 Å². The van der Waals surface area contributed by atoms with Gasteiger partial charge in [-0.3, -0.25) is 19.3 Å². The van der Waals surface area contributed by atoms with E-state index in [0.29, 0.717) is 17.9 Å². The molecular weight excluding hydrogens is 328 g/mol. The summed E-state index contributed by atoms with van der Waals surface area (Å²) >= 11 is 0. The zero-order chi connectivity index (χ0) is 18.0. The fourth-order valence-electron chi connectivity index (χ4n) is 6.57. The van der Waals surface area contributed by atoms with Crippen molar-refractivity contribution in [2.45, 2.75) is 51.5 Å². The van der Waals surface area contributed by atoms with E-state index < -0.39 is 0 Å². The first kappa shape index (κ1) is 16.5. The summed E-state index contributed by atoms with van der Waals surface area (Å²) in [6.07, 6.45) is 10.9. The molecule has 7 atom stereocenters. The largest absolute Gasteiger partial charge is 0.338 e. The zero-order valence-electron chi connectivity index (χ0n) is 15.5. The SMILES string of the molecule is C[C@@H]1CCN(C(=O)CN2C(=O)[C@@H]3[C@H](C2=O)[C@H]2C=C[C@H]3C2)[C@H]2CCCC[C@H]12. The Morgan fingerprint density at radius 3 is 2.38 bits per heavy atom. The summed E-state index contributed by atoms with van der Waals surface area (Å²) in [5.41, 5.74) is 0. The third-order valence-electron chi connectivity index (χ3n) is 7.91. The van der Waals surface area contributed by atoms with Gasteiger partial charge in [0.1, 0.15) is 6.54 Å². The number of carbonyl (C=O) groups is 3. The number of nitrogens with zero attached hydrogens (tertiary/aromatic N) is 2. The summed E-state index contributed by atoms with van der Waals surface area (Å²) in [5.74, 6) is 1.05. The Hall–Kier alpha value is -1.65. The summed E-state index contributed by atoms with van der Waals surface area (Å²) in [6, 6.07) is 0.310. The van der Waals surface area contributed by atoms with E-state index in [1.165, 1.54) is 24.2 Å². The van der Waals surface area contributed by atoms with Crippen LogP contribution in [0.2, 0.25) is 0 Å². The quantitative estimate of drug-likeness (QED) is 0.563. The summed E-state index contributed by atoms with van der Waals surface area (Å²) in [4.78, 5) is 42.0. The highest BCUT2D eigenvalue weighted by atomic mass is 16.2. The predicted octanol–water partition coefficient (Wildman–Crippen LogP) is 2.22. The lowest BCUT2D eigenvalue weighted by atomic mass is 9.72. The molecule has 0 radical (unpaired) electrons. The third kappa shape index (κ3) is 2.25. The lowest BCUT2D eigenvalue weighted by Gasteiger charge is -2.47. The van der Waals surface area contributed by atoms with Crippen molar-refractivity contribution in [1.29, 1.82) is 0 Å². The molecule has 26 heavy (non-hydrogen) atoms. The third-order valence-corrected chi connectivity index (χ3v) is 7.91. The van der Waals surface area contributed by atoms with Crippen molar-refractivity contribution < 1.29 is 14.4 Å². The van der Waals surface area contributed by atoms with E-state index in [1.54, 1.807) is 0 Å². The zero-order valence-corrected chi connectivity index (χ0v) is 15.5. The first-order valence-electron chi connectivity index (χ1n) is 10.4. The molecule has 5 aliphatic rings. The van der Waals surface area contributed by atoms with Crippen molar-refractivity contribution in [3.05, 3.63) is 12.2 Å². The van der Waals surface area contributed by atoms with Gasteiger partial charge in [-0.25, -0.2) is 0 Å². The molecule has 140 valence electrons. The highest BCUT2D eigenvalue weighted by Crippen LogP contribution is 2.52. The minimum absolute atomic E-state index is 0.0178. The van der Waals surface area contributed by atoms with E-state index >= 15 is 0 Å². The average molecular weight is 356 g/mol. The molecule has 2 saturated heterocycles. The van der Waals surface area contributed by atoms with Gasteiger partial charge >= 0.3 is 0 Å². The predicted molar refractivity (Wildman–Crippen MR) is 95.7 cm³/mol. The van der Waals surface area contributed by atoms with Crippen molar-refractivity contribution in [3.63, 3.8) is 0 Å². The Labute approximate surface area is 154 Å². The Morgan fingerprint density at radius 2 is 1.69 bits per heavy atom. The first-order valence-corrected chi connectivity index (χ1v) is 10.4. The Morgan fingerprint density at radius 1 is 1.04 bits per heavy atom. The smallest absolute Gasteiger partial charge is 0.243 e. The molecule has 0 aromatic rings. The van der Waals surface area contributed by atoms with Crippen molar-refractivity contribution in [3.8, 4) is 0 Å². The molecule has 0 aromatic heterocycles. The number of hydrogen-bond donors (Lipinski definition) is 0. The van der Waals surface area contributed by atoms with Gasteiger partial charge in [0.05, 0.1) is 11.8 Å². The molecule has 2 saturated carbocycles. The monoisotopic (exact) mass is 356 g/mol. The summed E-state index contributed by atoms with van der Waals surface area (Å²) in [7, 11) is 0. The van der Waals surface area contributed by atoms with E-state index in [4.69, 9.17) is 0 Å². The molecule has 5 nitrogen and oxygen atoms in total. The van der Waals surface area contributed by atoms with Gasteiger partial charge in [0.25, 0.3) is 0 Å². The lowest BCUT2D eigenvalue weighted by molar-refractivity contribution is -0.150. The van der Waals surface area contributed by atoms with Gasteiger partial charge in [-0.05, 0) is 49.4 Å². The van der Waals surface area contributed by atoms with Crippen molar-refractivity contribution >= 4 is 17.7 Å². The molecule has 2 heterocycles. The number of piperidine rings is 1. The maximum absolute atomic E-state index is 13.1. The molecule has 0 unspecified atom stereocenters. The Balaban J connectivity index is 1.31. The van der Waals surface area contributed by atoms with Crippen LogP contribution in [0.1, 0.15) is 45.4 Å². The molecule has 2 bridgehead atoms. The van der Waals surface area contributed by atoms with Crippen LogP contribution in [0.4, 0.5) is 0 Å². The molecule has 2 aliphatic heterocycles. The van der Waals surface area contributed by atoms with Crippen LogP contribution in [-0.4, -0.2) is 46.7 Å². The summed E-state index contributed by atoms with van der Waals surface area (Å²) in [6.45, 7) is 3.04. The standard InChI is InChI=1S/C21H28N2O3/c1-12-8-9-22(16-5-3-2-4-15(12)16)17(24)11-23-20(25)18-13-6-7-14(10-13)19(18)21(23)26/h6-7,12-16,18-19H,2-5,8-11H2,1H3/t12-,13+,14+,15-,16+,18-,19+/m1/s1. The first-order chi connectivity index (χ1) is 12.6. The highest BCUT2D eigenvalue weighted by molar-refractivity contribution is 6.08. The number of rotatable bonds is 2. The summed E-state index contributed by atoms with van der Waals surface area (Å²) < 4.78 is 0. The number of carbonyl (C=O) groups excluding carboxylic acids is 3. The van der Waals surface area contributed by atoms with Gasteiger partial charge in [-0.2, -0.15) is 0 Å². The van der Waals surface area contributed by atoms with Crippen LogP contribution in [0.15, 0.2) is 12.2 Å². The normalized spacial score (nSPS) is 43.8. The fourth-order valence-corrected chi connectivity index (χ4v) is 6.57. The van der Waals surface area contributed by atoms with Gasteiger partial charge < -0.3 is 4.90 Å². The molecular formula is C21H28N2O3. The molecule has 3 amide bonds. The van der Waals surface area contributed by atoms with Gasteiger partial charge in [-0.1, -0.05) is 31.9 Å². The summed E-state index contributed by atoms with van der Waals surface area (Å²) in [5, 5.41) is 0. The van der Waals surface area contributed by atoms with Gasteiger partial charge in [0.15, 0.2) is 0 Å². The molecule has 3 aliphatic carbocycles. The van der Waals surface area contributed by atoms with Crippen molar-refractivity contribution in [2.24, 2.45) is 35.5 Å². The van der Waals surface area contributed by atoms with E-state index in [9.17, 15) is 14.4 Å². The number of fused-ring (bicyclic) bond motifs is 6. The van der Waals surface area contributed by atoms with Crippen LogP contribution in [0.25, 0.3) is 0 Å². The van der Waals surface area contributed by atoms with Gasteiger partial charge in [-0.15, -0.1) is 0 Å². The number of amides is 3. The highest BCUT2D eigenvalue weighted by Gasteiger charge is 2.59. The minimum Gasteiger partial charge on any atom is -0.338 e. The van der Waals surface area contributed by atoms with E-state index in [-0.39, 0.29) is 47.9 Å². The average Bonchev–Trinajstić information content (AvgIpc) is 3.32. The molecule has 0 aromatic carbocycles. The molecule has 5 rings (SSSR count). The van der Waals surface area contributed by atoms with E-state index in [2.05, 4.69) is 19.1 Å². The van der Waals surface area contributed by atoms with Crippen LogP contribution < -0.4 is 0 Å². The molecule has 0 spiro atoms. The molecule has 0 N–H and O–H groups in total. The van der Waals surface area contributed by atoms with E-state index in [0.717, 1.165) is 25.8 Å².